The van der Waals surface area contributed by atoms with Crippen molar-refractivity contribution in [3.63, 3.8) is 0 Å². The van der Waals surface area contributed by atoms with Gasteiger partial charge in [0.05, 0.1) is 17.5 Å². The van der Waals surface area contributed by atoms with Crippen LogP contribution in [0.1, 0.15) is 6.92 Å². The molecule has 9 heteroatoms. The lowest BCUT2D eigenvalue weighted by molar-refractivity contribution is -0.123. The standard InChI is InChI=1S/C20H19FN2O4S2/c1-13(27-16-5-3-2-4-6-16)19(24)22-20-23(15-9-7-14(21)8-10-15)17-11-29(25,26)12-18(17)28-20/h2-10,13,17-18H,11-12H2,1H3/t13-,17-,18-/m0/s1. The van der Waals surface area contributed by atoms with E-state index >= 15 is 0 Å². The maximum Gasteiger partial charge on any atom is 0.288 e. The highest BCUT2D eigenvalue weighted by Crippen LogP contribution is 2.41. The molecule has 3 atom stereocenters. The van der Waals surface area contributed by atoms with Crippen molar-refractivity contribution in [1.82, 2.24) is 0 Å². The van der Waals surface area contributed by atoms with Crippen molar-refractivity contribution in [2.24, 2.45) is 4.99 Å². The summed E-state index contributed by atoms with van der Waals surface area (Å²) >= 11 is 1.27. The number of nitrogens with zero attached hydrogens (tertiary/aromatic N) is 2. The van der Waals surface area contributed by atoms with Crippen molar-refractivity contribution in [2.45, 2.75) is 24.3 Å². The molecule has 2 aromatic carbocycles. The number of anilines is 1. The highest BCUT2D eigenvalue weighted by Gasteiger charge is 2.49. The predicted molar refractivity (Wildman–Crippen MR) is 112 cm³/mol. The number of aliphatic imine (C=N–C) groups is 1. The normalized spacial score (nSPS) is 25.0. The lowest BCUT2D eigenvalue weighted by Gasteiger charge is -2.24. The Balaban J connectivity index is 1.60. The maximum absolute atomic E-state index is 13.4. The lowest BCUT2D eigenvalue weighted by atomic mass is 10.2. The van der Waals surface area contributed by atoms with Crippen molar-refractivity contribution in [1.29, 1.82) is 0 Å². The van der Waals surface area contributed by atoms with E-state index in [4.69, 9.17) is 4.74 Å². The minimum atomic E-state index is -3.16. The van der Waals surface area contributed by atoms with E-state index in [1.165, 1.54) is 23.9 Å². The second-order valence-electron chi connectivity index (χ2n) is 6.95. The quantitative estimate of drug-likeness (QED) is 0.737. The van der Waals surface area contributed by atoms with E-state index in [-0.39, 0.29) is 22.8 Å². The van der Waals surface area contributed by atoms with Crippen LogP contribution in [0.4, 0.5) is 10.1 Å². The molecule has 2 saturated heterocycles. The second-order valence-corrected chi connectivity index (χ2v) is 10.3. The highest BCUT2D eigenvalue weighted by atomic mass is 32.2. The first-order valence-corrected chi connectivity index (χ1v) is 11.8. The largest absolute Gasteiger partial charge is 0.481 e. The van der Waals surface area contributed by atoms with Gasteiger partial charge in [-0.05, 0) is 43.3 Å². The summed E-state index contributed by atoms with van der Waals surface area (Å²) in [6.07, 6.45) is -0.801. The van der Waals surface area contributed by atoms with Crippen LogP contribution < -0.4 is 9.64 Å². The fourth-order valence-corrected chi connectivity index (χ4v) is 7.33. The van der Waals surface area contributed by atoms with E-state index in [1.54, 1.807) is 36.1 Å². The number of hydrogen-bond donors (Lipinski definition) is 0. The zero-order valence-corrected chi connectivity index (χ0v) is 17.2. The summed E-state index contributed by atoms with van der Waals surface area (Å²) < 4.78 is 43.2. The molecule has 2 heterocycles. The van der Waals surface area contributed by atoms with Gasteiger partial charge in [-0.2, -0.15) is 4.99 Å². The van der Waals surface area contributed by atoms with E-state index in [9.17, 15) is 17.6 Å². The lowest BCUT2D eigenvalue weighted by Crippen LogP contribution is -2.38. The monoisotopic (exact) mass is 434 g/mol. The summed E-state index contributed by atoms with van der Waals surface area (Å²) in [7, 11) is -3.16. The molecule has 0 N–H and O–H groups in total. The van der Waals surface area contributed by atoms with Gasteiger partial charge >= 0.3 is 0 Å². The number of sulfone groups is 1. The molecule has 0 spiro atoms. The fraction of sp³-hybridized carbons (Fsp3) is 0.300. The summed E-state index contributed by atoms with van der Waals surface area (Å²) in [5.74, 6) is -0.290. The van der Waals surface area contributed by atoms with Crippen molar-refractivity contribution in [2.75, 3.05) is 16.4 Å². The molecule has 2 fully saturated rings. The van der Waals surface area contributed by atoms with Gasteiger partial charge in [-0.3, -0.25) is 4.79 Å². The number of halogens is 1. The average Bonchev–Trinajstić information content (AvgIpc) is 3.14. The van der Waals surface area contributed by atoms with Crippen molar-refractivity contribution in [3.05, 3.63) is 60.4 Å². The summed E-state index contributed by atoms with van der Waals surface area (Å²) in [5, 5.41) is 0.192. The number of carbonyl (C=O) groups excluding carboxylic acids is 1. The van der Waals surface area contributed by atoms with E-state index in [0.29, 0.717) is 16.6 Å². The zero-order chi connectivity index (χ0) is 20.6. The molecule has 2 aliphatic heterocycles. The number of thioether (sulfide) groups is 1. The van der Waals surface area contributed by atoms with Crippen LogP contribution in [0.5, 0.6) is 5.75 Å². The summed E-state index contributed by atoms with van der Waals surface area (Å²) in [5.41, 5.74) is 0.603. The molecular formula is C20H19FN2O4S2. The molecule has 2 aliphatic rings. The van der Waals surface area contributed by atoms with Crippen LogP contribution in [0.3, 0.4) is 0 Å². The zero-order valence-electron chi connectivity index (χ0n) is 15.6. The molecule has 0 aliphatic carbocycles. The van der Waals surface area contributed by atoms with Crippen LogP contribution in [0.15, 0.2) is 59.6 Å². The minimum Gasteiger partial charge on any atom is -0.481 e. The minimum absolute atomic E-state index is 0.0225. The third kappa shape index (κ3) is 4.30. The molecule has 4 rings (SSSR count). The first-order chi connectivity index (χ1) is 13.8. The van der Waals surface area contributed by atoms with Gasteiger partial charge in [0.15, 0.2) is 21.1 Å². The topological polar surface area (TPSA) is 76.0 Å². The van der Waals surface area contributed by atoms with Gasteiger partial charge in [-0.1, -0.05) is 30.0 Å². The van der Waals surface area contributed by atoms with Gasteiger partial charge in [0, 0.05) is 10.9 Å². The second kappa shape index (κ2) is 7.79. The van der Waals surface area contributed by atoms with Crippen LogP contribution in [-0.2, 0) is 14.6 Å². The van der Waals surface area contributed by atoms with Crippen molar-refractivity contribution in [3.8, 4) is 5.75 Å². The Labute approximate surface area is 172 Å². The molecule has 29 heavy (non-hydrogen) atoms. The van der Waals surface area contributed by atoms with Gasteiger partial charge in [-0.15, -0.1) is 0 Å². The number of amides is 1. The molecule has 6 nitrogen and oxygen atoms in total. The number of carbonyl (C=O) groups is 1. The van der Waals surface area contributed by atoms with E-state index in [0.717, 1.165) is 0 Å². The van der Waals surface area contributed by atoms with Crippen molar-refractivity contribution < 1.29 is 22.3 Å². The molecule has 0 aromatic heterocycles. The third-order valence-electron chi connectivity index (χ3n) is 4.78. The van der Waals surface area contributed by atoms with Crippen LogP contribution >= 0.6 is 11.8 Å². The smallest absolute Gasteiger partial charge is 0.288 e. The number of amidine groups is 1. The Kier molecular flexibility index (Phi) is 5.35. The number of para-hydroxylation sites is 1. The van der Waals surface area contributed by atoms with Crippen LogP contribution in [0.25, 0.3) is 0 Å². The molecule has 0 bridgehead atoms. The summed E-state index contributed by atoms with van der Waals surface area (Å²) in [6, 6.07) is 14.4. The molecule has 152 valence electrons. The van der Waals surface area contributed by atoms with Crippen LogP contribution in [0.2, 0.25) is 0 Å². The van der Waals surface area contributed by atoms with Gasteiger partial charge in [0.25, 0.3) is 5.91 Å². The van der Waals surface area contributed by atoms with E-state index < -0.39 is 27.7 Å². The molecule has 2 aromatic rings. The van der Waals surface area contributed by atoms with Gasteiger partial charge < -0.3 is 9.64 Å². The van der Waals surface area contributed by atoms with Crippen LogP contribution in [0, 0.1) is 5.82 Å². The summed E-state index contributed by atoms with van der Waals surface area (Å²) in [4.78, 5) is 18.6. The van der Waals surface area contributed by atoms with Gasteiger partial charge in [-0.25, -0.2) is 12.8 Å². The fourth-order valence-electron chi connectivity index (χ4n) is 3.41. The Morgan fingerprint density at radius 3 is 2.55 bits per heavy atom. The number of ether oxygens (including phenoxy) is 1. The molecule has 0 unspecified atom stereocenters. The molecule has 0 radical (unpaired) electrons. The first kappa shape index (κ1) is 19.9. The Bertz CT molecular complexity index is 1040. The molecular weight excluding hydrogens is 415 g/mol. The van der Waals surface area contributed by atoms with E-state index in [2.05, 4.69) is 4.99 Å². The molecule has 1 amide bonds. The highest BCUT2D eigenvalue weighted by molar-refractivity contribution is 8.16. The number of hydrogen-bond acceptors (Lipinski definition) is 5. The molecule has 0 saturated carbocycles. The SMILES string of the molecule is C[C@H](Oc1ccccc1)C(=O)N=C1S[C@H]2CS(=O)(=O)C[C@@H]2N1c1ccc(F)cc1. The van der Waals surface area contributed by atoms with Crippen molar-refractivity contribution >= 4 is 38.4 Å². The maximum atomic E-state index is 13.4. The van der Waals surface area contributed by atoms with Gasteiger partial charge in [0.1, 0.15) is 11.6 Å². The number of fused-ring (bicyclic) bond motifs is 1. The first-order valence-electron chi connectivity index (χ1n) is 9.08. The van der Waals surface area contributed by atoms with Crippen LogP contribution in [-0.4, -0.2) is 48.4 Å². The number of rotatable bonds is 4. The third-order valence-corrected chi connectivity index (χ3v) is 7.99. The Morgan fingerprint density at radius 2 is 1.86 bits per heavy atom. The Hall–Kier alpha value is -2.39. The van der Waals surface area contributed by atoms with E-state index in [1.807, 2.05) is 18.2 Å². The number of benzene rings is 2. The van der Waals surface area contributed by atoms with Gasteiger partial charge in [0.2, 0.25) is 0 Å². The predicted octanol–water partition coefficient (Wildman–Crippen LogP) is 2.89. The summed E-state index contributed by atoms with van der Waals surface area (Å²) in [6.45, 7) is 1.62. The average molecular weight is 435 g/mol. The Morgan fingerprint density at radius 1 is 1.17 bits per heavy atom.